The van der Waals surface area contributed by atoms with E-state index in [9.17, 15) is 9.59 Å². The number of rotatable bonds is 6. The van der Waals surface area contributed by atoms with Crippen LogP contribution in [0.1, 0.15) is 5.56 Å². The second-order valence-electron chi connectivity index (χ2n) is 4.49. The molecule has 1 aromatic carbocycles. The number of imide groups is 1. The summed E-state index contributed by atoms with van der Waals surface area (Å²) in [6, 6.07) is 3.84. The number of hydrogen-bond donors (Lipinski definition) is 0. The Bertz CT molecular complexity index is 692. The Morgan fingerprint density at radius 2 is 1.83 bits per heavy atom. The molecular weight excluding hydrogens is 540 g/mol. The molecule has 0 N–H and O–H groups in total. The third-order valence-corrected chi connectivity index (χ3v) is 5.36. The lowest BCUT2D eigenvalue weighted by Gasteiger charge is -2.10. The van der Waals surface area contributed by atoms with Gasteiger partial charge in [-0.15, -0.1) is 6.58 Å². The molecule has 1 aliphatic heterocycles. The fourth-order valence-corrected chi connectivity index (χ4v) is 4.86. The van der Waals surface area contributed by atoms with Crippen molar-refractivity contribution in [2.45, 2.75) is 0 Å². The largest absolute Gasteiger partial charge is 0.487 e. The molecule has 7 heteroatoms. The number of thioether (sulfide) groups is 1. The highest BCUT2D eigenvalue weighted by atomic mass is 127. The van der Waals surface area contributed by atoms with E-state index >= 15 is 0 Å². The van der Waals surface area contributed by atoms with E-state index in [1.54, 1.807) is 12.2 Å². The van der Waals surface area contributed by atoms with Gasteiger partial charge in [-0.3, -0.25) is 14.5 Å². The van der Waals surface area contributed by atoms with Crippen LogP contribution in [0.15, 0.2) is 42.3 Å². The summed E-state index contributed by atoms with van der Waals surface area (Å²) >= 11 is 5.33. The molecule has 0 bridgehead atoms. The van der Waals surface area contributed by atoms with Crippen LogP contribution < -0.4 is 4.74 Å². The molecule has 1 saturated heterocycles. The van der Waals surface area contributed by atoms with Crippen molar-refractivity contribution in [3.63, 3.8) is 0 Å². The third-order valence-electron chi connectivity index (χ3n) is 2.85. The lowest BCUT2D eigenvalue weighted by atomic mass is 10.2. The van der Waals surface area contributed by atoms with Gasteiger partial charge in [-0.2, -0.15) is 0 Å². The summed E-state index contributed by atoms with van der Waals surface area (Å²) in [6.07, 6.45) is 4.96. The SMILES string of the molecule is C=CCOc1c(I)cc(/C=C2/SC(=O)N(CC=C)C2=O)cc1I. The van der Waals surface area contributed by atoms with Crippen LogP contribution in [0.25, 0.3) is 6.08 Å². The standard InChI is InChI=1S/C16H13I2NO3S/c1-3-5-19-15(20)13(23-16(19)21)9-10-7-11(17)14(12(18)8-10)22-6-4-2/h3-4,7-9H,1-2,5-6H2/b13-9+. The molecule has 0 atom stereocenters. The Labute approximate surface area is 166 Å². The molecule has 1 aromatic rings. The Morgan fingerprint density at radius 1 is 1.17 bits per heavy atom. The van der Waals surface area contributed by atoms with Crippen LogP contribution >= 0.6 is 56.9 Å². The van der Waals surface area contributed by atoms with Crippen LogP contribution in [0.4, 0.5) is 4.79 Å². The van der Waals surface area contributed by atoms with Gasteiger partial charge < -0.3 is 4.74 Å². The maximum absolute atomic E-state index is 12.2. The Balaban J connectivity index is 2.30. The Kier molecular flexibility index (Phi) is 6.72. The molecule has 23 heavy (non-hydrogen) atoms. The van der Waals surface area contributed by atoms with E-state index < -0.39 is 0 Å². The van der Waals surface area contributed by atoms with Crippen LogP contribution in [0.3, 0.4) is 0 Å². The van der Waals surface area contributed by atoms with Crippen LogP contribution in [-0.2, 0) is 4.79 Å². The number of ether oxygens (including phenoxy) is 1. The highest BCUT2D eigenvalue weighted by molar-refractivity contribution is 14.1. The zero-order valence-electron chi connectivity index (χ0n) is 12.1. The molecular formula is C16H13I2NO3S. The highest BCUT2D eigenvalue weighted by Crippen LogP contribution is 2.34. The van der Waals surface area contributed by atoms with E-state index in [0.29, 0.717) is 11.5 Å². The first kappa shape index (κ1) is 18.5. The van der Waals surface area contributed by atoms with Gasteiger partial charge in [-0.1, -0.05) is 18.7 Å². The van der Waals surface area contributed by atoms with Gasteiger partial charge in [0.05, 0.1) is 12.0 Å². The first-order chi connectivity index (χ1) is 11.0. The van der Waals surface area contributed by atoms with Crippen LogP contribution in [0.5, 0.6) is 5.75 Å². The summed E-state index contributed by atoms with van der Waals surface area (Å²) in [6.45, 7) is 7.86. The average Bonchev–Trinajstić information content (AvgIpc) is 2.74. The van der Waals surface area contributed by atoms with Gasteiger partial charge in [-0.25, -0.2) is 0 Å². The van der Waals surface area contributed by atoms with E-state index in [2.05, 4.69) is 58.3 Å². The van der Waals surface area contributed by atoms with Crippen molar-refractivity contribution in [2.24, 2.45) is 0 Å². The van der Waals surface area contributed by atoms with Crippen molar-refractivity contribution in [1.29, 1.82) is 0 Å². The second kappa shape index (κ2) is 8.34. The lowest BCUT2D eigenvalue weighted by molar-refractivity contribution is -0.122. The molecule has 0 saturated carbocycles. The van der Waals surface area contributed by atoms with Crippen molar-refractivity contribution >= 4 is 74.2 Å². The van der Waals surface area contributed by atoms with E-state index in [4.69, 9.17) is 4.74 Å². The molecule has 4 nitrogen and oxygen atoms in total. The molecule has 0 unspecified atom stereocenters. The smallest absolute Gasteiger partial charge is 0.293 e. The monoisotopic (exact) mass is 553 g/mol. The molecule has 0 aliphatic carbocycles. The van der Waals surface area contributed by atoms with E-state index in [1.807, 2.05) is 12.1 Å². The first-order valence-electron chi connectivity index (χ1n) is 6.57. The molecule has 0 radical (unpaired) electrons. The highest BCUT2D eigenvalue weighted by Gasteiger charge is 2.34. The number of nitrogens with zero attached hydrogens (tertiary/aromatic N) is 1. The zero-order valence-corrected chi connectivity index (χ0v) is 17.2. The zero-order chi connectivity index (χ0) is 17.0. The molecule has 120 valence electrons. The molecule has 1 heterocycles. The number of benzene rings is 1. The summed E-state index contributed by atoms with van der Waals surface area (Å²) in [5.74, 6) is 0.514. The van der Waals surface area contributed by atoms with Gasteiger partial charge in [0.1, 0.15) is 12.4 Å². The minimum atomic E-state index is -0.281. The number of carbonyl (C=O) groups excluding carboxylic acids is 2. The van der Waals surface area contributed by atoms with Crippen LogP contribution in [0, 0.1) is 7.14 Å². The summed E-state index contributed by atoms with van der Waals surface area (Å²) in [4.78, 5) is 25.6. The van der Waals surface area contributed by atoms with Gasteiger partial charge in [0, 0.05) is 6.54 Å². The van der Waals surface area contributed by atoms with Gasteiger partial charge >= 0.3 is 0 Å². The molecule has 2 rings (SSSR count). The quantitative estimate of drug-likeness (QED) is 0.292. The molecule has 0 aromatic heterocycles. The maximum Gasteiger partial charge on any atom is 0.293 e. The van der Waals surface area contributed by atoms with E-state index in [0.717, 1.165) is 30.2 Å². The second-order valence-corrected chi connectivity index (χ2v) is 7.81. The van der Waals surface area contributed by atoms with Crippen molar-refractivity contribution in [1.82, 2.24) is 4.90 Å². The predicted molar refractivity (Wildman–Crippen MR) is 110 cm³/mol. The van der Waals surface area contributed by atoms with Crippen molar-refractivity contribution < 1.29 is 14.3 Å². The lowest BCUT2D eigenvalue weighted by Crippen LogP contribution is -2.27. The Hall–Kier alpha value is -0.810. The van der Waals surface area contributed by atoms with Gasteiger partial charge in [0.15, 0.2) is 0 Å². The van der Waals surface area contributed by atoms with Crippen LogP contribution in [0.2, 0.25) is 0 Å². The normalized spacial score (nSPS) is 16.1. The van der Waals surface area contributed by atoms with E-state index in [1.165, 1.54) is 11.0 Å². The topological polar surface area (TPSA) is 46.6 Å². The molecule has 2 amide bonds. The summed E-state index contributed by atoms with van der Waals surface area (Å²) < 4.78 is 7.51. The number of amides is 2. The molecule has 1 fully saturated rings. The maximum atomic E-state index is 12.2. The Morgan fingerprint density at radius 3 is 2.39 bits per heavy atom. The van der Waals surface area contributed by atoms with Gasteiger partial charge in [0.25, 0.3) is 11.1 Å². The van der Waals surface area contributed by atoms with Crippen molar-refractivity contribution in [3.05, 3.63) is 55.1 Å². The summed E-state index contributed by atoms with van der Waals surface area (Å²) in [5.41, 5.74) is 0.855. The van der Waals surface area contributed by atoms with Gasteiger partial charge in [0.2, 0.25) is 0 Å². The number of hydrogen-bond acceptors (Lipinski definition) is 4. The molecule has 1 aliphatic rings. The van der Waals surface area contributed by atoms with E-state index in [-0.39, 0.29) is 17.7 Å². The third kappa shape index (κ3) is 4.38. The predicted octanol–water partition coefficient (Wildman–Crippen LogP) is 4.68. The van der Waals surface area contributed by atoms with Gasteiger partial charge in [-0.05, 0) is 80.7 Å². The van der Waals surface area contributed by atoms with Crippen molar-refractivity contribution in [3.8, 4) is 5.75 Å². The fourth-order valence-electron chi connectivity index (χ4n) is 1.88. The summed E-state index contributed by atoms with van der Waals surface area (Å²) in [5, 5.41) is -0.267. The minimum absolute atomic E-state index is 0.228. The van der Waals surface area contributed by atoms with Crippen LogP contribution in [-0.4, -0.2) is 29.2 Å². The molecule has 0 spiro atoms. The number of carbonyl (C=O) groups is 2. The van der Waals surface area contributed by atoms with Crippen molar-refractivity contribution in [2.75, 3.05) is 13.2 Å². The number of halogens is 2. The fraction of sp³-hybridized carbons (Fsp3) is 0.125. The first-order valence-corrected chi connectivity index (χ1v) is 9.54. The minimum Gasteiger partial charge on any atom is -0.487 e. The summed E-state index contributed by atoms with van der Waals surface area (Å²) in [7, 11) is 0. The average molecular weight is 553 g/mol.